The topological polar surface area (TPSA) is 72.8 Å². The summed E-state index contributed by atoms with van der Waals surface area (Å²) in [4.78, 5) is -0.0570. The van der Waals surface area contributed by atoms with E-state index in [1.54, 1.807) is 13.8 Å². The molecule has 1 N–H and O–H groups in total. The Morgan fingerprint density at radius 1 is 1.18 bits per heavy atom. The molecule has 1 rings (SSSR count). The van der Waals surface area contributed by atoms with Crippen molar-refractivity contribution in [3.63, 3.8) is 0 Å². The Morgan fingerprint density at radius 2 is 1.73 bits per heavy atom. The van der Waals surface area contributed by atoms with Crippen LogP contribution in [-0.2, 0) is 13.7 Å². The van der Waals surface area contributed by atoms with E-state index in [0.29, 0.717) is 0 Å². The average molecular weight is 362 g/mol. The molecule has 5 nitrogen and oxygen atoms in total. The average Bonchev–Trinajstić information content (AvgIpc) is 2.28. The van der Waals surface area contributed by atoms with E-state index in [2.05, 4.69) is 3.63 Å². The van der Waals surface area contributed by atoms with Crippen molar-refractivity contribution < 1.29 is 35.1 Å². The quantitative estimate of drug-likeness (QED) is 0.813. The molecule has 0 aliphatic rings. The van der Waals surface area contributed by atoms with Crippen LogP contribution in [-0.4, -0.2) is 37.6 Å². The number of alkyl halides is 3. The van der Waals surface area contributed by atoms with Gasteiger partial charge < -0.3 is 9.84 Å². The van der Waals surface area contributed by atoms with E-state index >= 15 is 0 Å². The van der Waals surface area contributed by atoms with Crippen molar-refractivity contribution in [2.45, 2.75) is 30.4 Å². The zero-order valence-corrected chi connectivity index (χ0v) is 14.0. The standard InChI is InChI=1S/C12H17F3O5S2/c1-8(2)19-9-6-5-7-10(11(9)16)21(3,4)20-22(17,18)12(13,14)15/h5-8,16H,1-4H3. The van der Waals surface area contributed by atoms with Gasteiger partial charge in [0.1, 0.15) is 0 Å². The SMILES string of the molecule is CC(C)Oc1cccc(S(C)(C)OS(=O)(=O)C(F)(F)F)c1O. The lowest BCUT2D eigenvalue weighted by Gasteiger charge is -2.31. The van der Waals surface area contributed by atoms with E-state index in [1.165, 1.54) is 30.7 Å². The Morgan fingerprint density at radius 3 is 2.18 bits per heavy atom. The van der Waals surface area contributed by atoms with Gasteiger partial charge in [-0.2, -0.15) is 21.6 Å². The number of ether oxygens (including phenoxy) is 1. The maximum atomic E-state index is 12.4. The number of rotatable bonds is 5. The Hall–Kier alpha value is -1.13. The lowest BCUT2D eigenvalue weighted by Crippen LogP contribution is -2.26. The lowest BCUT2D eigenvalue weighted by atomic mass is 10.3. The molecular formula is C12H17F3O5S2. The van der Waals surface area contributed by atoms with E-state index in [0.717, 1.165) is 0 Å². The molecule has 0 spiro atoms. The lowest BCUT2D eigenvalue weighted by molar-refractivity contribution is -0.0496. The molecule has 0 bridgehead atoms. The van der Waals surface area contributed by atoms with Gasteiger partial charge in [0.05, 0.1) is 11.0 Å². The molecule has 0 fully saturated rings. The van der Waals surface area contributed by atoms with Gasteiger partial charge in [-0.1, -0.05) is 16.4 Å². The second-order valence-corrected chi connectivity index (χ2v) is 9.79. The fourth-order valence-electron chi connectivity index (χ4n) is 1.55. The number of aromatic hydroxyl groups is 1. The monoisotopic (exact) mass is 362 g/mol. The van der Waals surface area contributed by atoms with Crippen molar-refractivity contribution in [2.75, 3.05) is 12.5 Å². The predicted octanol–water partition coefficient (Wildman–Crippen LogP) is 3.38. The van der Waals surface area contributed by atoms with E-state index in [9.17, 15) is 26.7 Å². The maximum absolute atomic E-state index is 12.4. The fourth-order valence-corrected chi connectivity index (χ4v) is 4.91. The van der Waals surface area contributed by atoms with Crippen LogP contribution in [0.15, 0.2) is 23.1 Å². The van der Waals surface area contributed by atoms with Crippen molar-refractivity contribution in [3.8, 4) is 11.5 Å². The highest BCUT2D eigenvalue weighted by Crippen LogP contribution is 2.58. The highest BCUT2D eigenvalue weighted by molar-refractivity contribution is 8.32. The van der Waals surface area contributed by atoms with Gasteiger partial charge in [-0.25, -0.2) is 3.63 Å². The normalized spacial score (nSPS) is 14.2. The zero-order valence-electron chi connectivity index (χ0n) is 12.3. The predicted molar refractivity (Wildman–Crippen MR) is 77.6 cm³/mol. The van der Waals surface area contributed by atoms with Crippen LogP contribution < -0.4 is 4.74 Å². The molecule has 0 saturated heterocycles. The summed E-state index contributed by atoms with van der Waals surface area (Å²) < 4.78 is 69.3. The molecule has 128 valence electrons. The first-order valence-corrected chi connectivity index (χ1v) is 9.80. The van der Waals surface area contributed by atoms with Gasteiger partial charge in [-0.05, 0) is 38.5 Å². The Kier molecular flexibility index (Phi) is 5.30. The van der Waals surface area contributed by atoms with Crippen molar-refractivity contribution in [3.05, 3.63) is 18.2 Å². The van der Waals surface area contributed by atoms with Crippen molar-refractivity contribution in [1.29, 1.82) is 0 Å². The Labute approximate surface area is 128 Å². The summed E-state index contributed by atoms with van der Waals surface area (Å²) in [5.41, 5.74) is -5.53. The summed E-state index contributed by atoms with van der Waals surface area (Å²) in [5, 5.41) is 10.1. The van der Waals surface area contributed by atoms with Crippen molar-refractivity contribution in [1.82, 2.24) is 0 Å². The van der Waals surface area contributed by atoms with E-state index < -0.39 is 31.7 Å². The van der Waals surface area contributed by atoms with Crippen molar-refractivity contribution >= 4 is 20.4 Å². The molecular weight excluding hydrogens is 345 g/mol. The maximum Gasteiger partial charge on any atom is 0.523 e. The van der Waals surface area contributed by atoms with Crippen LogP contribution in [0, 0.1) is 0 Å². The third-order valence-electron chi connectivity index (χ3n) is 2.40. The van der Waals surface area contributed by atoms with Gasteiger partial charge in [0.25, 0.3) is 0 Å². The molecule has 0 atom stereocenters. The van der Waals surface area contributed by atoms with Crippen LogP contribution in [0.5, 0.6) is 11.5 Å². The molecule has 0 saturated carbocycles. The van der Waals surface area contributed by atoms with Gasteiger partial charge in [0.15, 0.2) is 11.5 Å². The fraction of sp³-hybridized carbons (Fsp3) is 0.500. The molecule has 0 aliphatic carbocycles. The molecule has 0 unspecified atom stereocenters. The Bertz CT molecular complexity index is 639. The van der Waals surface area contributed by atoms with Crippen LogP contribution in [0.4, 0.5) is 13.2 Å². The number of hydrogen-bond donors (Lipinski definition) is 1. The first-order chi connectivity index (χ1) is 9.78. The number of hydrogen-bond acceptors (Lipinski definition) is 5. The summed E-state index contributed by atoms with van der Waals surface area (Å²) in [7, 11) is -8.70. The van der Waals surface area contributed by atoms with Crippen LogP contribution in [0.1, 0.15) is 13.8 Å². The molecule has 0 aromatic heterocycles. The van der Waals surface area contributed by atoms with Gasteiger partial charge in [-0.3, -0.25) is 0 Å². The molecule has 1 aromatic rings. The summed E-state index contributed by atoms with van der Waals surface area (Å²) in [6, 6.07) is 4.15. The van der Waals surface area contributed by atoms with Crippen LogP contribution in [0.25, 0.3) is 0 Å². The molecule has 0 radical (unpaired) electrons. The van der Waals surface area contributed by atoms with Crippen LogP contribution in [0.2, 0.25) is 0 Å². The first kappa shape index (κ1) is 18.9. The van der Waals surface area contributed by atoms with Gasteiger partial charge >= 0.3 is 15.6 Å². The number of phenolic OH excluding ortho intramolecular Hbond substituents is 1. The Balaban J connectivity index is 3.24. The summed E-state index contributed by atoms with van der Waals surface area (Å²) in [6.45, 7) is 3.41. The molecule has 22 heavy (non-hydrogen) atoms. The zero-order chi connectivity index (χ0) is 17.3. The van der Waals surface area contributed by atoms with Gasteiger partial charge in [-0.15, -0.1) is 0 Å². The summed E-state index contributed by atoms with van der Waals surface area (Å²) in [6.07, 6.45) is 2.09. The number of phenols is 1. The summed E-state index contributed by atoms with van der Waals surface area (Å²) in [5.74, 6) is -0.394. The van der Waals surface area contributed by atoms with Crippen LogP contribution >= 0.6 is 10.3 Å². The minimum Gasteiger partial charge on any atom is -0.503 e. The minimum atomic E-state index is -5.77. The number of benzene rings is 1. The van der Waals surface area contributed by atoms with E-state index in [-0.39, 0.29) is 16.7 Å². The molecule has 0 heterocycles. The highest BCUT2D eigenvalue weighted by atomic mass is 32.3. The smallest absolute Gasteiger partial charge is 0.503 e. The largest absolute Gasteiger partial charge is 0.523 e. The van der Waals surface area contributed by atoms with Crippen LogP contribution in [0.3, 0.4) is 0 Å². The molecule has 0 aliphatic heterocycles. The third-order valence-corrected chi connectivity index (χ3v) is 6.43. The van der Waals surface area contributed by atoms with Gasteiger partial charge in [0.2, 0.25) is 0 Å². The molecule has 1 aromatic carbocycles. The van der Waals surface area contributed by atoms with Crippen molar-refractivity contribution in [2.24, 2.45) is 0 Å². The second-order valence-electron chi connectivity index (χ2n) is 4.97. The number of halogens is 3. The second kappa shape index (κ2) is 6.17. The van der Waals surface area contributed by atoms with E-state index in [4.69, 9.17) is 4.74 Å². The van der Waals surface area contributed by atoms with E-state index in [1.807, 2.05) is 0 Å². The minimum absolute atomic E-state index is 0.0427. The molecule has 10 heteroatoms. The third kappa shape index (κ3) is 4.20. The summed E-state index contributed by atoms with van der Waals surface area (Å²) >= 11 is 0. The molecule has 0 amide bonds. The number of para-hydroxylation sites is 1. The van der Waals surface area contributed by atoms with Gasteiger partial charge in [0, 0.05) is 0 Å². The first-order valence-electron chi connectivity index (χ1n) is 6.02. The highest BCUT2D eigenvalue weighted by Gasteiger charge is 2.50.